The van der Waals surface area contributed by atoms with Crippen LogP contribution in [-0.4, -0.2) is 35.3 Å². The van der Waals surface area contributed by atoms with Gasteiger partial charge < -0.3 is 9.94 Å². The maximum absolute atomic E-state index is 11.6. The fraction of sp³-hybridized carbons (Fsp3) is 0.364. The van der Waals surface area contributed by atoms with Crippen LogP contribution in [0.2, 0.25) is 0 Å². The zero-order valence-electron chi connectivity index (χ0n) is 8.30. The van der Waals surface area contributed by atoms with Gasteiger partial charge in [-0.2, -0.15) is 0 Å². The van der Waals surface area contributed by atoms with Crippen LogP contribution in [0.25, 0.3) is 0 Å². The number of benzene rings is 1. The van der Waals surface area contributed by atoms with E-state index in [2.05, 4.69) is 0 Å². The zero-order chi connectivity index (χ0) is 10.7. The Bertz CT molecular complexity index is 339. The quantitative estimate of drug-likeness (QED) is 0.780. The van der Waals surface area contributed by atoms with Gasteiger partial charge in [-0.1, -0.05) is 18.2 Å². The molecular weight excluding hydrogens is 194 g/mol. The van der Waals surface area contributed by atoms with E-state index >= 15 is 0 Å². The first-order valence-electron chi connectivity index (χ1n) is 4.96. The number of hydrogen-bond acceptors (Lipinski definition) is 4. The average Bonchev–Trinajstić information content (AvgIpc) is 2.65. The second-order valence-corrected chi connectivity index (χ2v) is 3.58. The van der Waals surface area contributed by atoms with Crippen molar-refractivity contribution >= 4 is 5.97 Å². The van der Waals surface area contributed by atoms with E-state index in [9.17, 15) is 9.90 Å². The zero-order valence-corrected chi connectivity index (χ0v) is 8.30. The number of nitrogens with zero attached hydrogens (tertiary/aromatic N) is 1. The molecule has 1 heterocycles. The summed E-state index contributed by atoms with van der Waals surface area (Å²) in [5.41, 5.74) is 0.527. The molecule has 4 heteroatoms. The molecule has 1 aliphatic rings. The van der Waals surface area contributed by atoms with Crippen LogP contribution in [0.15, 0.2) is 30.3 Å². The molecule has 4 nitrogen and oxygen atoms in total. The fourth-order valence-corrected chi connectivity index (χ4v) is 1.54. The molecule has 0 unspecified atom stereocenters. The number of hydroxylamine groups is 2. The average molecular weight is 207 g/mol. The lowest BCUT2D eigenvalue weighted by Crippen LogP contribution is -2.26. The maximum Gasteiger partial charge on any atom is 0.357 e. The van der Waals surface area contributed by atoms with Gasteiger partial charge in [0.15, 0.2) is 0 Å². The highest BCUT2D eigenvalue weighted by atomic mass is 16.7. The monoisotopic (exact) mass is 207 g/mol. The van der Waals surface area contributed by atoms with Gasteiger partial charge in [0.2, 0.25) is 0 Å². The summed E-state index contributed by atoms with van der Waals surface area (Å²) in [4.78, 5) is 16.7. The Morgan fingerprint density at radius 2 is 2.13 bits per heavy atom. The number of β-amino-alcohol motifs (C(OH)–C–C–N with tert-alkyl or cyclic N) is 1. The second kappa shape index (κ2) is 4.42. The van der Waals surface area contributed by atoms with Crippen molar-refractivity contribution in [3.8, 4) is 0 Å². The summed E-state index contributed by atoms with van der Waals surface area (Å²) in [5.74, 6) is -0.371. The summed E-state index contributed by atoms with van der Waals surface area (Å²) < 4.78 is 0. The minimum Gasteiger partial charge on any atom is -0.392 e. The second-order valence-electron chi connectivity index (χ2n) is 3.58. The molecule has 80 valence electrons. The van der Waals surface area contributed by atoms with Gasteiger partial charge in [-0.25, -0.2) is 4.79 Å². The third-order valence-electron chi connectivity index (χ3n) is 2.35. The van der Waals surface area contributed by atoms with Gasteiger partial charge in [-0.15, -0.1) is 5.06 Å². The molecule has 0 bridgehead atoms. The molecule has 1 aliphatic heterocycles. The van der Waals surface area contributed by atoms with Crippen LogP contribution < -0.4 is 0 Å². The Morgan fingerprint density at radius 3 is 2.73 bits per heavy atom. The molecule has 0 aliphatic carbocycles. The first-order chi connectivity index (χ1) is 7.25. The Kier molecular flexibility index (Phi) is 2.99. The minimum absolute atomic E-state index is 0.371. The highest BCUT2D eigenvalue weighted by molar-refractivity contribution is 5.89. The van der Waals surface area contributed by atoms with Gasteiger partial charge in [-0.3, -0.25) is 0 Å². The Balaban J connectivity index is 1.93. The number of aliphatic hydroxyl groups is 1. The molecule has 1 aromatic rings. The summed E-state index contributed by atoms with van der Waals surface area (Å²) in [7, 11) is 0. The van der Waals surface area contributed by atoms with E-state index in [4.69, 9.17) is 4.84 Å². The normalized spacial score (nSPS) is 21.5. The highest BCUT2D eigenvalue weighted by Gasteiger charge is 2.23. The summed E-state index contributed by atoms with van der Waals surface area (Å²) in [6.07, 6.45) is 0.274. The molecule has 0 spiro atoms. The van der Waals surface area contributed by atoms with E-state index in [1.54, 1.807) is 24.3 Å². The maximum atomic E-state index is 11.6. The Labute approximate surface area is 88.0 Å². The van der Waals surface area contributed by atoms with Crippen LogP contribution in [0.4, 0.5) is 0 Å². The van der Waals surface area contributed by atoms with Crippen molar-refractivity contribution in [2.45, 2.75) is 12.5 Å². The molecular formula is C11H13NO3. The topological polar surface area (TPSA) is 49.8 Å². The summed E-state index contributed by atoms with van der Waals surface area (Å²) in [5, 5.41) is 10.8. The van der Waals surface area contributed by atoms with Gasteiger partial charge >= 0.3 is 5.97 Å². The van der Waals surface area contributed by atoms with Crippen molar-refractivity contribution in [2.75, 3.05) is 13.1 Å². The van der Waals surface area contributed by atoms with Gasteiger partial charge in [-0.05, 0) is 18.6 Å². The predicted molar refractivity (Wildman–Crippen MR) is 54.1 cm³/mol. The minimum atomic E-state index is -0.381. The molecule has 0 amide bonds. The van der Waals surface area contributed by atoms with E-state index in [-0.39, 0.29) is 12.1 Å². The Morgan fingerprint density at radius 1 is 1.40 bits per heavy atom. The molecule has 0 saturated carbocycles. The van der Waals surface area contributed by atoms with Crippen LogP contribution in [0.1, 0.15) is 16.8 Å². The van der Waals surface area contributed by atoms with Gasteiger partial charge in [0.05, 0.1) is 18.2 Å². The van der Waals surface area contributed by atoms with Crippen LogP contribution in [0.5, 0.6) is 0 Å². The van der Waals surface area contributed by atoms with Gasteiger partial charge in [0, 0.05) is 6.54 Å². The van der Waals surface area contributed by atoms with Crippen molar-refractivity contribution in [1.29, 1.82) is 0 Å². The summed E-state index contributed by atoms with van der Waals surface area (Å²) in [6, 6.07) is 8.82. The molecule has 1 saturated heterocycles. The smallest absolute Gasteiger partial charge is 0.357 e. The van der Waals surface area contributed by atoms with E-state index in [1.807, 2.05) is 6.07 Å². The van der Waals surface area contributed by atoms with E-state index in [1.165, 1.54) is 5.06 Å². The standard InChI is InChI=1S/C11H13NO3/c13-10-6-7-12(8-10)15-11(14)9-4-2-1-3-5-9/h1-5,10,13H,6-8H2/t10-/m1/s1. The van der Waals surface area contributed by atoms with Crippen molar-refractivity contribution in [3.63, 3.8) is 0 Å². The first kappa shape index (κ1) is 10.1. The van der Waals surface area contributed by atoms with Crippen molar-refractivity contribution in [1.82, 2.24) is 5.06 Å². The van der Waals surface area contributed by atoms with Crippen LogP contribution in [0.3, 0.4) is 0 Å². The predicted octanol–water partition coefficient (Wildman–Crippen LogP) is 0.825. The lowest BCUT2D eigenvalue weighted by molar-refractivity contribution is -0.0981. The van der Waals surface area contributed by atoms with Gasteiger partial charge in [0.25, 0.3) is 0 Å². The molecule has 1 N–H and O–H groups in total. The largest absolute Gasteiger partial charge is 0.392 e. The molecule has 1 fully saturated rings. The molecule has 1 aromatic carbocycles. The lowest BCUT2D eigenvalue weighted by Gasteiger charge is -2.14. The van der Waals surface area contributed by atoms with E-state index < -0.39 is 0 Å². The van der Waals surface area contributed by atoms with E-state index in [0.29, 0.717) is 25.1 Å². The third-order valence-corrected chi connectivity index (χ3v) is 2.35. The van der Waals surface area contributed by atoms with Crippen LogP contribution in [0, 0.1) is 0 Å². The number of hydrogen-bond donors (Lipinski definition) is 1. The number of rotatable bonds is 2. The first-order valence-corrected chi connectivity index (χ1v) is 4.96. The molecule has 1 atom stereocenters. The number of carbonyl (C=O) groups is 1. The molecule has 15 heavy (non-hydrogen) atoms. The molecule has 0 radical (unpaired) electrons. The summed E-state index contributed by atoms with van der Waals surface area (Å²) in [6.45, 7) is 0.998. The lowest BCUT2D eigenvalue weighted by atomic mass is 10.2. The fourth-order valence-electron chi connectivity index (χ4n) is 1.54. The molecule has 2 rings (SSSR count). The van der Waals surface area contributed by atoms with Crippen molar-refractivity contribution in [2.24, 2.45) is 0 Å². The highest BCUT2D eigenvalue weighted by Crippen LogP contribution is 2.11. The Hall–Kier alpha value is -1.39. The van der Waals surface area contributed by atoms with Gasteiger partial charge in [0.1, 0.15) is 0 Å². The SMILES string of the molecule is O=C(ON1CC[C@@H](O)C1)c1ccccc1. The van der Waals surface area contributed by atoms with Crippen LogP contribution >= 0.6 is 0 Å². The van der Waals surface area contributed by atoms with Crippen molar-refractivity contribution < 1.29 is 14.7 Å². The van der Waals surface area contributed by atoms with E-state index in [0.717, 1.165) is 0 Å². The van der Waals surface area contributed by atoms with Crippen LogP contribution in [-0.2, 0) is 4.84 Å². The number of carbonyl (C=O) groups excluding carboxylic acids is 1. The number of aliphatic hydroxyl groups excluding tert-OH is 1. The third kappa shape index (κ3) is 2.55. The summed E-state index contributed by atoms with van der Waals surface area (Å²) >= 11 is 0. The van der Waals surface area contributed by atoms with Crippen molar-refractivity contribution in [3.05, 3.63) is 35.9 Å². The molecule has 0 aromatic heterocycles.